The van der Waals surface area contributed by atoms with Crippen molar-refractivity contribution in [3.63, 3.8) is 0 Å². The molecule has 2 aromatic carbocycles. The van der Waals surface area contributed by atoms with Gasteiger partial charge in [0.05, 0.1) is 0 Å². The lowest BCUT2D eigenvalue weighted by atomic mass is 10.1. The Morgan fingerprint density at radius 3 is 2.56 bits per heavy atom. The van der Waals surface area contributed by atoms with E-state index < -0.39 is 0 Å². The monoisotopic (exact) mass is 373 g/mol. The topological polar surface area (TPSA) is 39.9 Å². The Morgan fingerprint density at radius 1 is 1.08 bits per heavy atom. The van der Waals surface area contributed by atoms with Gasteiger partial charge in [-0.3, -0.25) is 0 Å². The second-order valence-electron chi connectivity index (χ2n) is 5.60. The molecule has 0 bridgehead atoms. The van der Waals surface area contributed by atoms with Crippen LogP contribution in [0.3, 0.4) is 0 Å². The van der Waals surface area contributed by atoms with Gasteiger partial charge in [0, 0.05) is 17.3 Å². The SMILES string of the molecule is CCn1c(COc2ccc(Cl)cc2)nnc1SCc1ccccc1C. The number of rotatable bonds is 7. The fourth-order valence-corrected chi connectivity index (χ4v) is 3.67. The number of nitrogens with zero attached hydrogens (tertiary/aromatic N) is 3. The van der Waals surface area contributed by atoms with E-state index >= 15 is 0 Å². The van der Waals surface area contributed by atoms with Crippen LogP contribution in [-0.2, 0) is 18.9 Å². The van der Waals surface area contributed by atoms with E-state index in [4.69, 9.17) is 16.3 Å². The molecule has 0 aliphatic heterocycles. The van der Waals surface area contributed by atoms with Crippen LogP contribution in [0.1, 0.15) is 23.9 Å². The molecule has 1 heterocycles. The van der Waals surface area contributed by atoms with Crippen molar-refractivity contribution in [3.05, 3.63) is 70.5 Å². The maximum Gasteiger partial charge on any atom is 0.191 e. The molecule has 0 fully saturated rings. The van der Waals surface area contributed by atoms with E-state index in [1.165, 1.54) is 11.1 Å². The summed E-state index contributed by atoms with van der Waals surface area (Å²) in [7, 11) is 0. The predicted octanol–water partition coefficient (Wildman–Crippen LogP) is 5.13. The van der Waals surface area contributed by atoms with Gasteiger partial charge in [-0.2, -0.15) is 0 Å². The van der Waals surface area contributed by atoms with Gasteiger partial charge < -0.3 is 9.30 Å². The zero-order chi connectivity index (χ0) is 17.6. The highest BCUT2D eigenvalue weighted by Gasteiger charge is 2.12. The minimum atomic E-state index is 0.382. The van der Waals surface area contributed by atoms with Crippen molar-refractivity contribution in [2.45, 2.75) is 37.9 Å². The van der Waals surface area contributed by atoms with Gasteiger partial charge in [0.25, 0.3) is 0 Å². The number of hydrogen-bond acceptors (Lipinski definition) is 4. The predicted molar refractivity (Wildman–Crippen MR) is 102 cm³/mol. The largest absolute Gasteiger partial charge is 0.486 e. The number of hydrogen-bond donors (Lipinski definition) is 0. The van der Waals surface area contributed by atoms with Gasteiger partial charge in [-0.15, -0.1) is 10.2 Å². The van der Waals surface area contributed by atoms with Crippen LogP contribution in [0.4, 0.5) is 0 Å². The maximum absolute atomic E-state index is 5.89. The third kappa shape index (κ3) is 4.55. The van der Waals surface area contributed by atoms with Crippen molar-refractivity contribution in [1.82, 2.24) is 14.8 Å². The van der Waals surface area contributed by atoms with E-state index in [1.807, 2.05) is 24.3 Å². The van der Waals surface area contributed by atoms with Crippen LogP contribution in [0, 0.1) is 6.92 Å². The van der Waals surface area contributed by atoms with Crippen LogP contribution in [0.5, 0.6) is 5.75 Å². The van der Waals surface area contributed by atoms with Gasteiger partial charge in [0.1, 0.15) is 12.4 Å². The number of halogens is 1. The van der Waals surface area contributed by atoms with Crippen molar-refractivity contribution in [1.29, 1.82) is 0 Å². The molecule has 4 nitrogen and oxygen atoms in total. The Labute approximate surface area is 157 Å². The normalized spacial score (nSPS) is 10.8. The number of aromatic nitrogens is 3. The van der Waals surface area contributed by atoms with Crippen LogP contribution in [0.25, 0.3) is 0 Å². The third-order valence-corrected chi connectivity index (χ3v) is 5.18. The Kier molecular flexibility index (Phi) is 6.00. The molecule has 0 saturated heterocycles. The maximum atomic E-state index is 5.89. The number of ether oxygens (including phenoxy) is 1. The average molecular weight is 374 g/mol. The fourth-order valence-electron chi connectivity index (χ4n) is 2.44. The first-order valence-corrected chi connectivity index (χ1v) is 9.51. The summed E-state index contributed by atoms with van der Waals surface area (Å²) in [6.45, 7) is 5.41. The molecule has 0 saturated carbocycles. The third-order valence-electron chi connectivity index (χ3n) is 3.91. The molecule has 0 amide bonds. The Morgan fingerprint density at radius 2 is 1.84 bits per heavy atom. The summed E-state index contributed by atoms with van der Waals surface area (Å²) in [5.74, 6) is 2.47. The van der Waals surface area contributed by atoms with Crippen LogP contribution in [0.2, 0.25) is 5.02 Å². The van der Waals surface area contributed by atoms with Crippen molar-refractivity contribution in [2.24, 2.45) is 0 Å². The fraction of sp³-hybridized carbons (Fsp3) is 0.263. The molecule has 0 N–H and O–H groups in total. The van der Waals surface area contributed by atoms with E-state index in [0.717, 1.165) is 29.0 Å². The average Bonchev–Trinajstić information content (AvgIpc) is 3.02. The second-order valence-corrected chi connectivity index (χ2v) is 6.98. The van der Waals surface area contributed by atoms with Gasteiger partial charge in [-0.1, -0.05) is 47.6 Å². The number of thioether (sulfide) groups is 1. The molecule has 3 aromatic rings. The van der Waals surface area contributed by atoms with Gasteiger partial charge >= 0.3 is 0 Å². The Balaban J connectivity index is 1.66. The Bertz CT molecular complexity index is 833. The lowest BCUT2D eigenvalue weighted by Crippen LogP contribution is -2.07. The van der Waals surface area contributed by atoms with E-state index in [2.05, 4.69) is 52.9 Å². The minimum Gasteiger partial charge on any atom is -0.486 e. The zero-order valence-corrected chi connectivity index (χ0v) is 15.8. The molecular formula is C19H20ClN3OS. The summed E-state index contributed by atoms with van der Waals surface area (Å²) in [6.07, 6.45) is 0. The van der Waals surface area contributed by atoms with Crippen LogP contribution >= 0.6 is 23.4 Å². The first kappa shape index (κ1) is 17.8. The molecule has 6 heteroatoms. The summed E-state index contributed by atoms with van der Waals surface area (Å²) in [5, 5.41) is 10.2. The molecule has 1 aromatic heterocycles. The van der Waals surface area contributed by atoms with Gasteiger partial charge in [0.2, 0.25) is 0 Å². The van der Waals surface area contributed by atoms with Crippen molar-refractivity contribution in [3.8, 4) is 5.75 Å². The van der Waals surface area contributed by atoms with E-state index in [1.54, 1.807) is 11.8 Å². The van der Waals surface area contributed by atoms with E-state index in [0.29, 0.717) is 11.6 Å². The molecule has 3 rings (SSSR count). The molecule has 0 aliphatic rings. The van der Waals surface area contributed by atoms with E-state index in [9.17, 15) is 0 Å². The lowest BCUT2D eigenvalue weighted by molar-refractivity contribution is 0.288. The Hall–Kier alpha value is -1.98. The van der Waals surface area contributed by atoms with Crippen molar-refractivity contribution in [2.75, 3.05) is 0 Å². The van der Waals surface area contributed by atoms with Crippen LogP contribution in [0.15, 0.2) is 53.7 Å². The van der Waals surface area contributed by atoms with Crippen molar-refractivity contribution < 1.29 is 4.74 Å². The molecule has 0 aliphatic carbocycles. The number of benzene rings is 2. The molecule has 0 unspecified atom stereocenters. The minimum absolute atomic E-state index is 0.382. The second kappa shape index (κ2) is 8.41. The van der Waals surface area contributed by atoms with Crippen LogP contribution in [-0.4, -0.2) is 14.8 Å². The summed E-state index contributed by atoms with van der Waals surface area (Å²) >= 11 is 7.59. The molecule has 25 heavy (non-hydrogen) atoms. The number of aryl methyl sites for hydroxylation is 1. The summed E-state index contributed by atoms with van der Waals surface area (Å²) < 4.78 is 7.89. The highest BCUT2D eigenvalue weighted by molar-refractivity contribution is 7.98. The molecule has 0 spiro atoms. The molecule has 0 atom stereocenters. The smallest absolute Gasteiger partial charge is 0.191 e. The highest BCUT2D eigenvalue weighted by atomic mass is 35.5. The standard InChI is InChI=1S/C19H20ClN3OS/c1-3-23-18(12-24-17-10-8-16(20)9-11-17)21-22-19(23)25-13-15-7-5-4-6-14(15)2/h4-11H,3,12-13H2,1-2H3. The quantitative estimate of drug-likeness (QED) is 0.538. The lowest BCUT2D eigenvalue weighted by Gasteiger charge is -2.09. The van der Waals surface area contributed by atoms with Crippen molar-refractivity contribution >= 4 is 23.4 Å². The van der Waals surface area contributed by atoms with Crippen LogP contribution < -0.4 is 4.74 Å². The highest BCUT2D eigenvalue weighted by Crippen LogP contribution is 2.24. The first-order chi connectivity index (χ1) is 12.2. The van der Waals surface area contributed by atoms with Gasteiger partial charge in [-0.25, -0.2) is 0 Å². The van der Waals surface area contributed by atoms with E-state index in [-0.39, 0.29) is 0 Å². The molecule has 130 valence electrons. The first-order valence-electron chi connectivity index (χ1n) is 8.15. The summed E-state index contributed by atoms with van der Waals surface area (Å²) in [4.78, 5) is 0. The molecule has 0 radical (unpaired) electrons. The van der Waals surface area contributed by atoms with Gasteiger partial charge in [-0.05, 0) is 49.2 Å². The van der Waals surface area contributed by atoms with Gasteiger partial charge in [0.15, 0.2) is 11.0 Å². The zero-order valence-electron chi connectivity index (χ0n) is 14.3. The summed E-state index contributed by atoms with van der Waals surface area (Å²) in [6, 6.07) is 15.7. The molecular weight excluding hydrogens is 354 g/mol. The summed E-state index contributed by atoms with van der Waals surface area (Å²) in [5.41, 5.74) is 2.61.